The number of aryl methyl sites for hydroxylation is 2. The maximum absolute atomic E-state index is 12.7. The number of nitrogens with zero attached hydrogens (tertiary/aromatic N) is 3. The maximum Gasteiger partial charge on any atom is 0.253 e. The van der Waals surface area contributed by atoms with Gasteiger partial charge in [0.05, 0.1) is 22.9 Å². The number of hydrogen-bond acceptors (Lipinski definition) is 5. The largest absolute Gasteiger partial charge is 0.345 e. The first-order valence-corrected chi connectivity index (χ1v) is 12.8. The van der Waals surface area contributed by atoms with Crippen LogP contribution < -0.4 is 10.6 Å². The van der Waals surface area contributed by atoms with Crippen molar-refractivity contribution >= 4 is 52.5 Å². The zero-order chi connectivity index (χ0) is 25.7. The molecule has 184 valence electrons. The van der Waals surface area contributed by atoms with Crippen LogP contribution in [0.4, 0.5) is 5.69 Å². The van der Waals surface area contributed by atoms with Crippen molar-refractivity contribution in [2.45, 2.75) is 25.5 Å². The van der Waals surface area contributed by atoms with Gasteiger partial charge in [-0.3, -0.25) is 14.2 Å². The van der Waals surface area contributed by atoms with E-state index in [9.17, 15) is 9.59 Å². The van der Waals surface area contributed by atoms with E-state index in [-0.39, 0.29) is 29.1 Å². The smallest absolute Gasteiger partial charge is 0.253 e. The van der Waals surface area contributed by atoms with Gasteiger partial charge in [0.15, 0.2) is 11.0 Å². The van der Waals surface area contributed by atoms with Crippen molar-refractivity contribution in [3.05, 3.63) is 99.3 Å². The molecule has 4 aromatic rings. The van der Waals surface area contributed by atoms with Crippen molar-refractivity contribution in [2.24, 2.45) is 0 Å². The number of hydrogen-bond donors (Lipinski definition) is 2. The number of benzene rings is 3. The van der Waals surface area contributed by atoms with Crippen LogP contribution >= 0.6 is 35.0 Å². The highest BCUT2D eigenvalue weighted by Gasteiger charge is 2.18. The van der Waals surface area contributed by atoms with Crippen molar-refractivity contribution in [1.82, 2.24) is 20.1 Å². The standard InChI is InChI=1S/C26H23Cl2N5O2S/c1-16-8-9-17(2)22(12-16)30-24(34)15-36-26-32-31-23(33(26)19-6-4-3-5-7-19)14-29-25(35)20-11-10-18(27)13-21(20)28/h3-13H,14-15H2,1-2H3,(H,29,35)(H,30,34). The number of halogens is 2. The third kappa shape index (κ3) is 6.26. The van der Waals surface area contributed by atoms with E-state index in [2.05, 4.69) is 20.8 Å². The van der Waals surface area contributed by atoms with Crippen molar-refractivity contribution in [1.29, 1.82) is 0 Å². The second-order valence-corrected chi connectivity index (χ2v) is 9.82. The summed E-state index contributed by atoms with van der Waals surface area (Å²) in [5.74, 6) is 0.146. The Morgan fingerprint density at radius 2 is 1.75 bits per heavy atom. The van der Waals surface area contributed by atoms with Gasteiger partial charge in [-0.1, -0.05) is 65.3 Å². The molecule has 0 bridgehead atoms. The molecule has 10 heteroatoms. The van der Waals surface area contributed by atoms with E-state index in [1.807, 2.05) is 66.9 Å². The molecule has 2 amide bonds. The molecule has 0 spiro atoms. The summed E-state index contributed by atoms with van der Waals surface area (Å²) in [6.07, 6.45) is 0. The Morgan fingerprint density at radius 3 is 2.50 bits per heavy atom. The van der Waals surface area contributed by atoms with Crippen LogP contribution in [0, 0.1) is 13.8 Å². The van der Waals surface area contributed by atoms with Crippen molar-refractivity contribution in [2.75, 3.05) is 11.1 Å². The Kier molecular flexibility index (Phi) is 8.30. The van der Waals surface area contributed by atoms with Crippen LogP contribution in [-0.4, -0.2) is 32.3 Å². The average molecular weight is 540 g/mol. The maximum atomic E-state index is 12.7. The minimum Gasteiger partial charge on any atom is -0.345 e. The lowest BCUT2D eigenvalue weighted by molar-refractivity contribution is -0.113. The summed E-state index contributed by atoms with van der Waals surface area (Å²) in [7, 11) is 0. The molecule has 1 heterocycles. The summed E-state index contributed by atoms with van der Waals surface area (Å²) in [4.78, 5) is 25.4. The molecule has 0 atom stereocenters. The summed E-state index contributed by atoms with van der Waals surface area (Å²) >= 11 is 13.4. The molecule has 3 aromatic carbocycles. The van der Waals surface area contributed by atoms with Gasteiger partial charge in [-0.05, 0) is 61.4 Å². The first-order valence-electron chi connectivity index (χ1n) is 11.0. The summed E-state index contributed by atoms with van der Waals surface area (Å²) in [5, 5.41) is 15.6. The van der Waals surface area contributed by atoms with Crippen LogP contribution in [0.5, 0.6) is 0 Å². The van der Waals surface area contributed by atoms with Crippen LogP contribution in [0.25, 0.3) is 5.69 Å². The molecule has 0 unspecified atom stereocenters. The Labute approximate surface area is 223 Å². The molecule has 0 aliphatic heterocycles. The summed E-state index contributed by atoms with van der Waals surface area (Å²) in [6.45, 7) is 4.04. The van der Waals surface area contributed by atoms with Gasteiger partial charge in [-0.2, -0.15) is 0 Å². The molecular formula is C26H23Cl2N5O2S. The highest BCUT2D eigenvalue weighted by Crippen LogP contribution is 2.24. The fourth-order valence-electron chi connectivity index (χ4n) is 3.46. The number of anilines is 1. The highest BCUT2D eigenvalue weighted by atomic mass is 35.5. The number of amides is 2. The van der Waals surface area contributed by atoms with Crippen LogP contribution in [0.1, 0.15) is 27.3 Å². The predicted molar refractivity (Wildman–Crippen MR) is 144 cm³/mol. The van der Waals surface area contributed by atoms with Gasteiger partial charge in [-0.15, -0.1) is 10.2 Å². The number of carbonyl (C=O) groups is 2. The van der Waals surface area contributed by atoms with Gasteiger partial charge < -0.3 is 10.6 Å². The van der Waals surface area contributed by atoms with Crippen molar-refractivity contribution in [3.8, 4) is 5.69 Å². The lowest BCUT2D eigenvalue weighted by Gasteiger charge is -2.12. The van der Waals surface area contributed by atoms with Gasteiger partial charge >= 0.3 is 0 Å². The first kappa shape index (κ1) is 25.8. The van der Waals surface area contributed by atoms with E-state index in [4.69, 9.17) is 23.2 Å². The van der Waals surface area contributed by atoms with E-state index in [0.717, 1.165) is 22.5 Å². The topological polar surface area (TPSA) is 88.9 Å². The third-order valence-electron chi connectivity index (χ3n) is 5.30. The van der Waals surface area contributed by atoms with Gasteiger partial charge in [0.2, 0.25) is 5.91 Å². The number of thioether (sulfide) groups is 1. The zero-order valence-corrected chi connectivity index (χ0v) is 21.9. The lowest BCUT2D eigenvalue weighted by Crippen LogP contribution is -2.25. The van der Waals surface area contributed by atoms with Crippen LogP contribution in [0.3, 0.4) is 0 Å². The van der Waals surface area contributed by atoms with Gasteiger partial charge in [0, 0.05) is 16.4 Å². The van der Waals surface area contributed by atoms with Crippen LogP contribution in [0.15, 0.2) is 71.9 Å². The number of carbonyl (C=O) groups excluding carboxylic acids is 2. The quantitative estimate of drug-likeness (QED) is 0.274. The molecule has 2 N–H and O–H groups in total. The first-order chi connectivity index (χ1) is 17.3. The third-order valence-corrected chi connectivity index (χ3v) is 6.77. The number of para-hydroxylation sites is 1. The minimum absolute atomic E-state index is 0.106. The molecule has 4 rings (SSSR count). The molecule has 0 aliphatic rings. The summed E-state index contributed by atoms with van der Waals surface area (Å²) < 4.78 is 1.82. The van der Waals surface area contributed by atoms with Crippen LogP contribution in [0.2, 0.25) is 10.0 Å². The number of nitrogens with one attached hydrogen (secondary N) is 2. The Hall–Kier alpha value is -3.33. The van der Waals surface area contributed by atoms with Gasteiger partial charge in [0.1, 0.15) is 0 Å². The van der Waals surface area contributed by atoms with E-state index >= 15 is 0 Å². The fourth-order valence-corrected chi connectivity index (χ4v) is 4.72. The monoisotopic (exact) mass is 539 g/mol. The van der Waals surface area contributed by atoms with Crippen molar-refractivity contribution < 1.29 is 9.59 Å². The molecule has 7 nitrogen and oxygen atoms in total. The molecular weight excluding hydrogens is 517 g/mol. The molecule has 0 aliphatic carbocycles. The van der Waals surface area contributed by atoms with Gasteiger partial charge in [0.25, 0.3) is 5.91 Å². The molecule has 0 saturated carbocycles. The van der Waals surface area contributed by atoms with Gasteiger partial charge in [-0.25, -0.2) is 0 Å². The van der Waals surface area contributed by atoms with E-state index in [0.29, 0.717) is 21.6 Å². The second kappa shape index (κ2) is 11.6. The lowest BCUT2D eigenvalue weighted by atomic mass is 10.1. The molecule has 36 heavy (non-hydrogen) atoms. The summed E-state index contributed by atoms with van der Waals surface area (Å²) in [5.41, 5.74) is 3.97. The minimum atomic E-state index is -0.360. The average Bonchev–Trinajstić information content (AvgIpc) is 3.27. The molecule has 0 radical (unpaired) electrons. The van der Waals surface area contributed by atoms with Crippen LogP contribution in [-0.2, 0) is 11.3 Å². The molecule has 0 fully saturated rings. The zero-order valence-electron chi connectivity index (χ0n) is 19.6. The highest BCUT2D eigenvalue weighted by molar-refractivity contribution is 7.99. The van der Waals surface area contributed by atoms with E-state index in [1.54, 1.807) is 12.1 Å². The van der Waals surface area contributed by atoms with E-state index < -0.39 is 0 Å². The predicted octanol–water partition coefficient (Wildman–Crippen LogP) is 5.85. The summed E-state index contributed by atoms with van der Waals surface area (Å²) in [6, 6.07) is 20.1. The SMILES string of the molecule is Cc1ccc(C)c(NC(=O)CSc2nnc(CNC(=O)c3ccc(Cl)cc3Cl)n2-c2ccccc2)c1. The van der Waals surface area contributed by atoms with E-state index in [1.165, 1.54) is 17.8 Å². The second-order valence-electron chi connectivity index (χ2n) is 8.03. The Balaban J connectivity index is 1.50. The fraction of sp³-hybridized carbons (Fsp3) is 0.154. The molecule has 1 aromatic heterocycles. The number of rotatable bonds is 8. The Morgan fingerprint density at radius 1 is 0.972 bits per heavy atom. The Bertz CT molecular complexity index is 1410. The molecule has 0 saturated heterocycles. The normalized spacial score (nSPS) is 10.8. The van der Waals surface area contributed by atoms with Crippen molar-refractivity contribution in [3.63, 3.8) is 0 Å². The number of aromatic nitrogens is 3.